The summed E-state index contributed by atoms with van der Waals surface area (Å²) in [6.07, 6.45) is 0. The van der Waals surface area contributed by atoms with Gasteiger partial charge in [-0.05, 0) is 24.3 Å². The zero-order valence-electron chi connectivity index (χ0n) is 10.7. The van der Waals surface area contributed by atoms with Crippen molar-refractivity contribution in [1.82, 2.24) is 0 Å². The molecular formula is C14H10ClNO5. The predicted molar refractivity (Wildman–Crippen MR) is 75.7 cm³/mol. The van der Waals surface area contributed by atoms with Crippen LogP contribution in [0.15, 0.2) is 48.5 Å². The number of halogens is 1. The van der Waals surface area contributed by atoms with E-state index in [9.17, 15) is 14.9 Å². The Labute approximate surface area is 125 Å². The summed E-state index contributed by atoms with van der Waals surface area (Å²) in [5.41, 5.74) is -0.0546. The molecule has 0 aliphatic heterocycles. The molecule has 108 valence electrons. The van der Waals surface area contributed by atoms with Crippen molar-refractivity contribution in [2.45, 2.75) is 0 Å². The van der Waals surface area contributed by atoms with Crippen LogP contribution in [0.2, 0.25) is 5.02 Å². The molecule has 0 spiro atoms. The maximum absolute atomic E-state index is 11.6. The SMILES string of the molecule is O=C(COc1ccc([N+](=O)[O-])cc1)Oc1ccccc1Cl. The maximum atomic E-state index is 11.6. The molecule has 0 N–H and O–H groups in total. The van der Waals surface area contributed by atoms with E-state index < -0.39 is 10.9 Å². The van der Waals surface area contributed by atoms with Crippen molar-refractivity contribution >= 4 is 23.3 Å². The topological polar surface area (TPSA) is 78.7 Å². The first kappa shape index (κ1) is 14.8. The summed E-state index contributed by atoms with van der Waals surface area (Å²) in [6, 6.07) is 11.9. The van der Waals surface area contributed by atoms with E-state index in [-0.39, 0.29) is 18.0 Å². The normalized spacial score (nSPS) is 9.95. The van der Waals surface area contributed by atoms with Crippen LogP contribution in [0.3, 0.4) is 0 Å². The minimum absolute atomic E-state index is 0.0546. The number of nitro benzene ring substituents is 1. The Bertz CT molecular complexity index is 657. The number of ether oxygens (including phenoxy) is 2. The van der Waals surface area contributed by atoms with Gasteiger partial charge in [0.25, 0.3) is 5.69 Å². The second-order valence-corrected chi connectivity index (χ2v) is 4.35. The summed E-state index contributed by atoms with van der Waals surface area (Å²) in [7, 11) is 0. The van der Waals surface area contributed by atoms with Crippen LogP contribution in [-0.4, -0.2) is 17.5 Å². The third kappa shape index (κ3) is 4.19. The molecule has 7 heteroatoms. The number of carbonyl (C=O) groups is 1. The summed E-state index contributed by atoms with van der Waals surface area (Å²) in [5.74, 6) is -0.0466. The highest BCUT2D eigenvalue weighted by atomic mass is 35.5. The molecule has 0 aliphatic carbocycles. The smallest absolute Gasteiger partial charge is 0.349 e. The molecule has 0 amide bonds. The first-order valence-corrected chi connectivity index (χ1v) is 6.26. The van der Waals surface area contributed by atoms with Gasteiger partial charge in [0.15, 0.2) is 6.61 Å². The van der Waals surface area contributed by atoms with Gasteiger partial charge in [0.05, 0.1) is 9.95 Å². The Morgan fingerprint density at radius 2 is 1.81 bits per heavy atom. The van der Waals surface area contributed by atoms with Gasteiger partial charge >= 0.3 is 5.97 Å². The fourth-order valence-corrected chi connectivity index (χ4v) is 1.66. The zero-order chi connectivity index (χ0) is 15.2. The van der Waals surface area contributed by atoms with Gasteiger partial charge in [0, 0.05) is 12.1 Å². The van der Waals surface area contributed by atoms with Crippen LogP contribution in [0.4, 0.5) is 5.69 Å². The van der Waals surface area contributed by atoms with E-state index in [0.717, 1.165) is 0 Å². The van der Waals surface area contributed by atoms with E-state index in [1.54, 1.807) is 24.3 Å². The number of rotatable bonds is 5. The van der Waals surface area contributed by atoms with Crippen LogP contribution in [-0.2, 0) is 4.79 Å². The molecule has 2 aromatic rings. The predicted octanol–water partition coefficient (Wildman–Crippen LogP) is 3.23. The fourth-order valence-electron chi connectivity index (χ4n) is 1.49. The standard InChI is InChI=1S/C14H10ClNO5/c15-12-3-1-2-4-13(12)21-14(17)9-20-11-7-5-10(6-8-11)16(18)19/h1-8H,9H2. The highest BCUT2D eigenvalue weighted by Gasteiger charge is 2.10. The fraction of sp³-hybridized carbons (Fsp3) is 0.0714. The molecule has 2 rings (SSSR count). The molecule has 0 unspecified atom stereocenters. The van der Waals surface area contributed by atoms with Crippen LogP contribution in [0.1, 0.15) is 0 Å². The van der Waals surface area contributed by atoms with E-state index in [0.29, 0.717) is 10.8 Å². The molecular weight excluding hydrogens is 298 g/mol. The van der Waals surface area contributed by atoms with Crippen LogP contribution in [0, 0.1) is 10.1 Å². The van der Waals surface area contributed by atoms with Crippen molar-refractivity contribution in [1.29, 1.82) is 0 Å². The molecule has 0 heterocycles. The van der Waals surface area contributed by atoms with Crippen LogP contribution in [0.25, 0.3) is 0 Å². The van der Waals surface area contributed by atoms with E-state index in [2.05, 4.69) is 0 Å². The maximum Gasteiger partial charge on any atom is 0.349 e. The quantitative estimate of drug-likeness (QED) is 0.367. The van der Waals surface area contributed by atoms with Crippen molar-refractivity contribution in [3.63, 3.8) is 0 Å². The van der Waals surface area contributed by atoms with Crippen LogP contribution >= 0.6 is 11.6 Å². The number of carbonyl (C=O) groups excluding carboxylic acids is 1. The van der Waals surface area contributed by atoms with Gasteiger partial charge in [0.1, 0.15) is 11.5 Å². The monoisotopic (exact) mass is 307 g/mol. The molecule has 0 radical (unpaired) electrons. The van der Waals surface area contributed by atoms with E-state index >= 15 is 0 Å². The Hall–Kier alpha value is -2.60. The van der Waals surface area contributed by atoms with Crippen LogP contribution < -0.4 is 9.47 Å². The minimum atomic E-state index is -0.624. The van der Waals surface area contributed by atoms with Crippen molar-refractivity contribution in [3.8, 4) is 11.5 Å². The molecule has 0 saturated carbocycles. The van der Waals surface area contributed by atoms with Crippen molar-refractivity contribution < 1.29 is 19.2 Å². The summed E-state index contributed by atoms with van der Waals surface area (Å²) < 4.78 is 10.2. The zero-order valence-corrected chi connectivity index (χ0v) is 11.4. The summed E-state index contributed by atoms with van der Waals surface area (Å²) in [5, 5.41) is 10.8. The number of nitrogens with zero attached hydrogens (tertiary/aromatic N) is 1. The molecule has 0 aliphatic rings. The third-order valence-electron chi connectivity index (χ3n) is 2.46. The Kier molecular flexibility index (Phi) is 4.73. The van der Waals surface area contributed by atoms with Gasteiger partial charge in [-0.2, -0.15) is 0 Å². The number of hydrogen-bond donors (Lipinski definition) is 0. The van der Waals surface area contributed by atoms with Gasteiger partial charge in [-0.25, -0.2) is 4.79 Å². The summed E-state index contributed by atoms with van der Waals surface area (Å²) >= 11 is 5.85. The van der Waals surface area contributed by atoms with Gasteiger partial charge in [-0.1, -0.05) is 23.7 Å². The van der Waals surface area contributed by atoms with E-state index in [1.165, 1.54) is 24.3 Å². The largest absolute Gasteiger partial charge is 0.482 e. The average Bonchev–Trinajstić information content (AvgIpc) is 2.48. The first-order valence-electron chi connectivity index (χ1n) is 5.89. The number of para-hydroxylation sites is 1. The molecule has 0 aromatic heterocycles. The second-order valence-electron chi connectivity index (χ2n) is 3.94. The Balaban J connectivity index is 1.89. The molecule has 0 bridgehead atoms. The van der Waals surface area contributed by atoms with E-state index in [1.807, 2.05) is 0 Å². The summed E-state index contributed by atoms with van der Waals surface area (Å²) in [6.45, 7) is -0.330. The van der Waals surface area contributed by atoms with Gasteiger partial charge in [-0.3, -0.25) is 10.1 Å². The number of nitro groups is 1. The molecule has 6 nitrogen and oxygen atoms in total. The lowest BCUT2D eigenvalue weighted by atomic mass is 10.3. The van der Waals surface area contributed by atoms with E-state index in [4.69, 9.17) is 21.1 Å². The highest BCUT2D eigenvalue weighted by Crippen LogP contribution is 2.23. The average molecular weight is 308 g/mol. The summed E-state index contributed by atoms with van der Waals surface area (Å²) in [4.78, 5) is 21.6. The molecule has 0 fully saturated rings. The van der Waals surface area contributed by atoms with Crippen molar-refractivity contribution in [2.75, 3.05) is 6.61 Å². The number of benzene rings is 2. The van der Waals surface area contributed by atoms with Gasteiger partial charge in [-0.15, -0.1) is 0 Å². The minimum Gasteiger partial charge on any atom is -0.482 e. The Morgan fingerprint density at radius 1 is 1.14 bits per heavy atom. The van der Waals surface area contributed by atoms with Gasteiger partial charge < -0.3 is 9.47 Å². The lowest BCUT2D eigenvalue weighted by molar-refractivity contribution is -0.384. The molecule has 0 atom stereocenters. The molecule has 2 aromatic carbocycles. The number of esters is 1. The van der Waals surface area contributed by atoms with Crippen molar-refractivity contribution in [3.05, 3.63) is 63.7 Å². The second kappa shape index (κ2) is 6.71. The van der Waals surface area contributed by atoms with Gasteiger partial charge in [0.2, 0.25) is 0 Å². The van der Waals surface area contributed by atoms with Crippen LogP contribution in [0.5, 0.6) is 11.5 Å². The molecule has 21 heavy (non-hydrogen) atoms. The number of hydrogen-bond acceptors (Lipinski definition) is 5. The highest BCUT2D eigenvalue weighted by molar-refractivity contribution is 6.32. The Morgan fingerprint density at radius 3 is 2.43 bits per heavy atom. The molecule has 0 saturated heterocycles. The number of non-ortho nitro benzene ring substituents is 1. The van der Waals surface area contributed by atoms with Crippen molar-refractivity contribution in [2.24, 2.45) is 0 Å². The lowest BCUT2D eigenvalue weighted by Crippen LogP contribution is -2.17. The lowest BCUT2D eigenvalue weighted by Gasteiger charge is -2.07. The third-order valence-corrected chi connectivity index (χ3v) is 2.78. The first-order chi connectivity index (χ1) is 10.1.